The van der Waals surface area contributed by atoms with E-state index < -0.39 is 0 Å². The zero-order valence-electron chi connectivity index (χ0n) is 16.2. The minimum absolute atomic E-state index is 0.111. The molecule has 29 heavy (non-hydrogen) atoms. The van der Waals surface area contributed by atoms with Crippen molar-refractivity contribution in [2.24, 2.45) is 0 Å². The number of nitrogens with zero attached hydrogens (tertiary/aromatic N) is 5. The lowest BCUT2D eigenvalue weighted by molar-refractivity contribution is 0.0751. The van der Waals surface area contributed by atoms with Crippen LogP contribution in [0.15, 0.2) is 60.9 Å². The van der Waals surface area contributed by atoms with Crippen LogP contribution in [0, 0.1) is 6.92 Å². The molecule has 5 rings (SSSR count). The number of pyridine rings is 1. The van der Waals surface area contributed by atoms with Crippen LogP contribution in [0.2, 0.25) is 0 Å². The van der Waals surface area contributed by atoms with Gasteiger partial charge in [-0.2, -0.15) is 5.10 Å². The number of thiophene rings is 1. The molecular weight excluding hydrogens is 382 g/mol. The number of amides is 1. The molecule has 1 aromatic carbocycles. The molecule has 1 aliphatic heterocycles. The van der Waals surface area contributed by atoms with Crippen molar-refractivity contribution in [2.45, 2.75) is 6.92 Å². The molecule has 4 aromatic rings. The van der Waals surface area contributed by atoms with E-state index in [1.165, 1.54) is 11.3 Å². The maximum Gasteiger partial charge on any atom is 0.264 e. The summed E-state index contributed by atoms with van der Waals surface area (Å²) >= 11 is 1.53. The summed E-state index contributed by atoms with van der Waals surface area (Å²) < 4.78 is 1.94. The molecule has 0 atom stereocenters. The Labute approximate surface area is 173 Å². The lowest BCUT2D eigenvalue weighted by Crippen LogP contribution is -2.48. The zero-order chi connectivity index (χ0) is 19.8. The van der Waals surface area contributed by atoms with Crippen LogP contribution >= 0.6 is 11.3 Å². The molecule has 146 valence electrons. The fourth-order valence-corrected chi connectivity index (χ4v) is 4.93. The molecule has 0 radical (unpaired) electrons. The Morgan fingerprint density at radius 2 is 1.69 bits per heavy atom. The molecule has 0 bridgehead atoms. The molecule has 4 heterocycles. The molecule has 7 heteroatoms. The van der Waals surface area contributed by atoms with E-state index in [1.54, 1.807) is 0 Å². The van der Waals surface area contributed by atoms with Gasteiger partial charge in [-0.3, -0.25) is 9.78 Å². The van der Waals surface area contributed by atoms with Gasteiger partial charge in [0.2, 0.25) is 0 Å². The van der Waals surface area contributed by atoms with Gasteiger partial charge in [-0.25, -0.2) is 4.68 Å². The van der Waals surface area contributed by atoms with Crippen molar-refractivity contribution in [1.82, 2.24) is 19.7 Å². The standard InChI is InChI=1S/C22H21N5OS/c1-16-19-15-20(29-22(19)27(24-16)18-5-3-2-4-6-18)21(28)26-13-11-25(12-14-26)17-7-9-23-10-8-17/h2-10,15H,11-14H2,1H3. The number of aryl methyl sites for hydroxylation is 1. The summed E-state index contributed by atoms with van der Waals surface area (Å²) in [5, 5.41) is 5.72. The third kappa shape index (κ3) is 3.27. The van der Waals surface area contributed by atoms with Gasteiger partial charge in [0, 0.05) is 49.6 Å². The number of hydrogen-bond donors (Lipinski definition) is 0. The quantitative estimate of drug-likeness (QED) is 0.523. The van der Waals surface area contributed by atoms with Gasteiger partial charge in [-0.15, -0.1) is 11.3 Å². The van der Waals surface area contributed by atoms with Crippen LogP contribution in [0.4, 0.5) is 5.69 Å². The summed E-state index contributed by atoms with van der Waals surface area (Å²) in [5.41, 5.74) is 3.12. The maximum atomic E-state index is 13.1. The number of aromatic nitrogens is 3. The SMILES string of the molecule is Cc1nn(-c2ccccc2)c2sc(C(=O)N3CCN(c4ccncc4)CC3)cc12. The molecule has 6 nitrogen and oxygen atoms in total. The fourth-order valence-electron chi connectivity index (χ4n) is 3.78. The maximum absolute atomic E-state index is 13.1. The number of anilines is 1. The summed E-state index contributed by atoms with van der Waals surface area (Å²) in [7, 11) is 0. The fraction of sp³-hybridized carbons (Fsp3) is 0.227. The van der Waals surface area contributed by atoms with Gasteiger partial charge in [-0.05, 0) is 37.3 Å². The number of rotatable bonds is 3. The summed E-state index contributed by atoms with van der Waals surface area (Å²) in [4.78, 5) is 23.3. The average Bonchev–Trinajstić information content (AvgIpc) is 3.35. The van der Waals surface area contributed by atoms with Crippen LogP contribution in [0.3, 0.4) is 0 Å². The topological polar surface area (TPSA) is 54.3 Å². The highest BCUT2D eigenvalue weighted by molar-refractivity contribution is 7.20. The number of carbonyl (C=O) groups excluding carboxylic acids is 1. The van der Waals surface area contributed by atoms with Crippen LogP contribution < -0.4 is 4.90 Å². The van der Waals surface area contributed by atoms with Crippen LogP contribution in [0.1, 0.15) is 15.4 Å². The second kappa shape index (κ2) is 7.33. The predicted molar refractivity (Wildman–Crippen MR) is 116 cm³/mol. The van der Waals surface area contributed by atoms with Gasteiger partial charge in [0.1, 0.15) is 4.83 Å². The number of benzene rings is 1. The third-order valence-corrected chi connectivity index (χ3v) is 6.45. The van der Waals surface area contributed by atoms with E-state index in [2.05, 4.69) is 15.0 Å². The predicted octanol–water partition coefficient (Wildman–Crippen LogP) is 3.75. The molecule has 0 aliphatic carbocycles. The summed E-state index contributed by atoms with van der Waals surface area (Å²) in [6.07, 6.45) is 3.62. The van der Waals surface area contributed by atoms with Crippen molar-refractivity contribution in [3.63, 3.8) is 0 Å². The summed E-state index contributed by atoms with van der Waals surface area (Å²) in [6.45, 7) is 5.10. The van der Waals surface area contributed by atoms with Crippen LogP contribution in [0.5, 0.6) is 0 Å². The first-order valence-electron chi connectivity index (χ1n) is 9.69. The highest BCUT2D eigenvalue weighted by atomic mass is 32.1. The highest BCUT2D eigenvalue weighted by Crippen LogP contribution is 2.31. The zero-order valence-corrected chi connectivity index (χ0v) is 17.0. The van der Waals surface area contributed by atoms with Crippen molar-refractivity contribution in [3.05, 3.63) is 71.5 Å². The monoisotopic (exact) mass is 403 g/mol. The number of fused-ring (bicyclic) bond motifs is 1. The molecular formula is C22H21N5OS. The van der Waals surface area contributed by atoms with Crippen molar-refractivity contribution >= 4 is 33.1 Å². The summed E-state index contributed by atoms with van der Waals surface area (Å²) in [6, 6.07) is 16.1. The molecule has 1 fully saturated rings. The van der Waals surface area contributed by atoms with E-state index in [4.69, 9.17) is 0 Å². The van der Waals surface area contributed by atoms with E-state index in [9.17, 15) is 4.79 Å². The summed E-state index contributed by atoms with van der Waals surface area (Å²) in [5.74, 6) is 0.111. The molecule has 3 aromatic heterocycles. The minimum Gasteiger partial charge on any atom is -0.368 e. The Morgan fingerprint density at radius 3 is 2.41 bits per heavy atom. The van der Waals surface area contributed by atoms with Crippen molar-refractivity contribution < 1.29 is 4.79 Å². The van der Waals surface area contributed by atoms with Gasteiger partial charge in [-0.1, -0.05) is 18.2 Å². The first-order chi connectivity index (χ1) is 14.2. The van der Waals surface area contributed by atoms with Crippen molar-refractivity contribution in [3.8, 4) is 5.69 Å². The van der Waals surface area contributed by atoms with Gasteiger partial charge in [0.15, 0.2) is 0 Å². The number of carbonyl (C=O) groups is 1. The molecule has 0 unspecified atom stereocenters. The minimum atomic E-state index is 0.111. The van der Waals surface area contributed by atoms with Crippen LogP contribution in [0.25, 0.3) is 15.9 Å². The Kier molecular flexibility index (Phi) is 4.52. The Bertz CT molecular complexity index is 1140. The van der Waals surface area contributed by atoms with Gasteiger partial charge in [0.25, 0.3) is 5.91 Å². The lowest BCUT2D eigenvalue weighted by atomic mass is 10.2. The Balaban J connectivity index is 1.37. The van der Waals surface area contributed by atoms with Gasteiger partial charge in [0.05, 0.1) is 16.3 Å². The third-order valence-electron chi connectivity index (χ3n) is 5.35. The van der Waals surface area contributed by atoms with E-state index in [0.29, 0.717) is 0 Å². The molecule has 0 N–H and O–H groups in total. The number of hydrogen-bond acceptors (Lipinski definition) is 5. The molecule has 1 saturated heterocycles. The number of para-hydroxylation sites is 1. The first kappa shape index (κ1) is 17.9. The highest BCUT2D eigenvalue weighted by Gasteiger charge is 2.25. The van der Waals surface area contributed by atoms with E-state index in [-0.39, 0.29) is 5.91 Å². The van der Waals surface area contributed by atoms with Crippen LogP contribution in [-0.4, -0.2) is 51.8 Å². The second-order valence-corrected chi connectivity index (χ2v) is 8.18. The van der Waals surface area contributed by atoms with Crippen LogP contribution in [-0.2, 0) is 0 Å². The average molecular weight is 404 g/mol. The van der Waals surface area contributed by atoms with Gasteiger partial charge >= 0.3 is 0 Å². The Morgan fingerprint density at radius 1 is 0.966 bits per heavy atom. The second-order valence-electron chi connectivity index (χ2n) is 7.15. The van der Waals surface area contributed by atoms with E-state index in [0.717, 1.165) is 58.3 Å². The molecule has 0 saturated carbocycles. The Hall–Kier alpha value is -3.19. The first-order valence-corrected chi connectivity index (χ1v) is 10.5. The van der Waals surface area contributed by atoms with Crippen molar-refractivity contribution in [1.29, 1.82) is 0 Å². The van der Waals surface area contributed by atoms with E-state index >= 15 is 0 Å². The smallest absolute Gasteiger partial charge is 0.264 e. The normalized spacial score (nSPS) is 14.5. The van der Waals surface area contributed by atoms with Gasteiger partial charge < -0.3 is 9.80 Å². The van der Waals surface area contributed by atoms with Crippen molar-refractivity contribution in [2.75, 3.05) is 31.1 Å². The number of piperazine rings is 1. The molecule has 0 spiro atoms. The molecule has 1 amide bonds. The largest absolute Gasteiger partial charge is 0.368 e. The van der Waals surface area contributed by atoms with E-state index in [1.807, 2.05) is 77.4 Å². The molecule has 1 aliphatic rings. The lowest BCUT2D eigenvalue weighted by Gasteiger charge is -2.35.